The van der Waals surface area contributed by atoms with Gasteiger partial charge >= 0.3 is 10.1 Å². The molecule has 1 aliphatic rings. The summed E-state index contributed by atoms with van der Waals surface area (Å²) in [5, 5.41) is 2.75. The third-order valence-electron chi connectivity index (χ3n) is 2.66. The van der Waals surface area contributed by atoms with E-state index in [1.54, 1.807) is 0 Å². The molecule has 0 bridgehead atoms. The van der Waals surface area contributed by atoms with E-state index in [1.165, 1.54) is 0 Å². The number of carbonyl (C=O) groups excluding carboxylic acids is 1. The SMILES string of the molecule is O=C(CC1CSC(S(=O)(=O)O)=N1)NCc1ccccc1. The Labute approximate surface area is 121 Å². The van der Waals surface area contributed by atoms with E-state index in [2.05, 4.69) is 10.3 Å². The van der Waals surface area contributed by atoms with E-state index in [1.807, 2.05) is 30.3 Å². The standard InChI is InChI=1S/C12H14N2O4S2/c15-11(13-7-9-4-2-1-3-5-9)6-10-8-19-12(14-10)20(16,17)18/h1-5,10H,6-8H2,(H,13,15)(H,16,17,18). The predicted molar refractivity (Wildman–Crippen MR) is 78.1 cm³/mol. The van der Waals surface area contributed by atoms with Crippen LogP contribution < -0.4 is 5.32 Å². The number of hydrogen-bond acceptors (Lipinski definition) is 5. The zero-order valence-electron chi connectivity index (χ0n) is 10.5. The Morgan fingerprint density at radius 1 is 1.40 bits per heavy atom. The van der Waals surface area contributed by atoms with E-state index in [4.69, 9.17) is 4.55 Å². The summed E-state index contributed by atoms with van der Waals surface area (Å²) in [6.45, 7) is 0.425. The van der Waals surface area contributed by atoms with Crippen molar-refractivity contribution >= 4 is 32.2 Å². The third-order valence-corrected chi connectivity index (χ3v) is 5.10. The second kappa shape index (κ2) is 6.38. The van der Waals surface area contributed by atoms with Crippen LogP contribution in [0.4, 0.5) is 0 Å². The highest BCUT2D eigenvalue weighted by molar-refractivity contribution is 8.33. The van der Waals surface area contributed by atoms with Crippen LogP contribution in [0.5, 0.6) is 0 Å². The second-order valence-corrected chi connectivity index (χ2v) is 6.91. The molecule has 1 aromatic carbocycles. The molecule has 1 aliphatic heterocycles. The average Bonchev–Trinajstić information content (AvgIpc) is 2.86. The number of nitrogens with zero attached hydrogens (tertiary/aromatic N) is 1. The monoisotopic (exact) mass is 314 g/mol. The fourth-order valence-electron chi connectivity index (χ4n) is 1.72. The number of hydrogen-bond donors (Lipinski definition) is 2. The van der Waals surface area contributed by atoms with Crippen molar-refractivity contribution in [2.75, 3.05) is 5.75 Å². The van der Waals surface area contributed by atoms with Gasteiger partial charge in [-0.3, -0.25) is 14.3 Å². The van der Waals surface area contributed by atoms with Gasteiger partial charge in [-0.1, -0.05) is 42.1 Å². The van der Waals surface area contributed by atoms with Crippen LogP contribution in [0.15, 0.2) is 35.3 Å². The lowest BCUT2D eigenvalue weighted by molar-refractivity contribution is -0.121. The molecule has 2 rings (SSSR count). The molecule has 8 heteroatoms. The number of rotatable bonds is 4. The minimum atomic E-state index is -4.25. The first-order valence-corrected chi connectivity index (χ1v) is 8.36. The Kier molecular flexibility index (Phi) is 4.79. The van der Waals surface area contributed by atoms with Crippen molar-refractivity contribution in [2.45, 2.75) is 19.0 Å². The number of carbonyl (C=O) groups is 1. The lowest BCUT2D eigenvalue weighted by Crippen LogP contribution is -2.26. The predicted octanol–water partition coefficient (Wildman–Crippen LogP) is 1.05. The molecule has 20 heavy (non-hydrogen) atoms. The van der Waals surface area contributed by atoms with E-state index in [9.17, 15) is 13.2 Å². The van der Waals surface area contributed by atoms with Gasteiger partial charge in [-0.15, -0.1) is 0 Å². The maximum atomic E-state index is 11.7. The minimum Gasteiger partial charge on any atom is -0.352 e. The number of amides is 1. The molecule has 0 saturated heterocycles. The summed E-state index contributed by atoms with van der Waals surface area (Å²) >= 11 is 0.946. The van der Waals surface area contributed by atoms with Crippen molar-refractivity contribution in [3.63, 3.8) is 0 Å². The lowest BCUT2D eigenvalue weighted by Gasteiger charge is -2.07. The fourth-order valence-corrected chi connectivity index (χ4v) is 3.55. The Bertz CT molecular complexity index is 614. The van der Waals surface area contributed by atoms with Crippen LogP contribution in [-0.4, -0.2) is 35.0 Å². The average molecular weight is 314 g/mol. The molecule has 1 aromatic rings. The van der Waals surface area contributed by atoms with Crippen LogP contribution in [0.3, 0.4) is 0 Å². The van der Waals surface area contributed by atoms with Crippen LogP contribution in [0.2, 0.25) is 0 Å². The molecule has 0 saturated carbocycles. The quantitative estimate of drug-likeness (QED) is 0.810. The van der Waals surface area contributed by atoms with Gasteiger partial charge in [-0.2, -0.15) is 8.42 Å². The van der Waals surface area contributed by atoms with E-state index in [0.717, 1.165) is 17.3 Å². The van der Waals surface area contributed by atoms with Gasteiger partial charge in [0.25, 0.3) is 0 Å². The van der Waals surface area contributed by atoms with Gasteiger partial charge in [0.1, 0.15) is 0 Å². The number of nitrogens with one attached hydrogen (secondary N) is 1. The minimum absolute atomic E-state index is 0.110. The fraction of sp³-hybridized carbons (Fsp3) is 0.333. The normalized spacial score (nSPS) is 18.6. The Morgan fingerprint density at radius 2 is 2.10 bits per heavy atom. The molecular weight excluding hydrogens is 300 g/mol. The highest BCUT2D eigenvalue weighted by Crippen LogP contribution is 2.23. The maximum absolute atomic E-state index is 11.7. The highest BCUT2D eigenvalue weighted by Gasteiger charge is 2.27. The van der Waals surface area contributed by atoms with Crippen molar-refractivity contribution < 1.29 is 17.8 Å². The molecule has 0 spiro atoms. The van der Waals surface area contributed by atoms with Crippen LogP contribution in [0, 0.1) is 0 Å². The van der Waals surface area contributed by atoms with E-state index < -0.39 is 16.2 Å². The molecule has 6 nitrogen and oxygen atoms in total. The molecule has 1 amide bonds. The summed E-state index contributed by atoms with van der Waals surface area (Å²) in [5.74, 6) is 0.188. The van der Waals surface area contributed by atoms with Gasteiger partial charge in [-0.05, 0) is 5.56 Å². The second-order valence-electron chi connectivity index (χ2n) is 4.30. The van der Waals surface area contributed by atoms with Crippen molar-refractivity contribution in [3.05, 3.63) is 35.9 Å². The van der Waals surface area contributed by atoms with Gasteiger partial charge in [0.2, 0.25) is 10.3 Å². The van der Waals surface area contributed by atoms with E-state index in [0.29, 0.717) is 12.3 Å². The van der Waals surface area contributed by atoms with Crippen molar-refractivity contribution in [3.8, 4) is 0 Å². The number of aliphatic imine (C=N–C) groups is 1. The first-order valence-electron chi connectivity index (χ1n) is 5.94. The summed E-state index contributed by atoms with van der Waals surface area (Å²) in [4.78, 5) is 15.6. The Morgan fingerprint density at radius 3 is 2.70 bits per heavy atom. The molecule has 1 heterocycles. The maximum Gasteiger partial charge on any atom is 0.318 e. The molecule has 0 fully saturated rings. The van der Waals surface area contributed by atoms with E-state index in [-0.39, 0.29) is 16.7 Å². The lowest BCUT2D eigenvalue weighted by atomic mass is 10.2. The summed E-state index contributed by atoms with van der Waals surface area (Å²) in [6, 6.07) is 9.07. The molecule has 108 valence electrons. The summed E-state index contributed by atoms with van der Waals surface area (Å²) in [5.41, 5.74) is 0.990. The van der Waals surface area contributed by atoms with Gasteiger partial charge in [0.05, 0.1) is 6.04 Å². The zero-order chi connectivity index (χ0) is 14.6. The van der Waals surface area contributed by atoms with E-state index >= 15 is 0 Å². The van der Waals surface area contributed by atoms with Crippen molar-refractivity contribution in [1.82, 2.24) is 5.32 Å². The van der Waals surface area contributed by atoms with Gasteiger partial charge < -0.3 is 5.32 Å². The van der Waals surface area contributed by atoms with Crippen molar-refractivity contribution in [2.24, 2.45) is 4.99 Å². The van der Waals surface area contributed by atoms with Gasteiger partial charge in [0, 0.05) is 18.7 Å². The Balaban J connectivity index is 1.83. The summed E-state index contributed by atoms with van der Waals surface area (Å²) in [7, 11) is -4.25. The summed E-state index contributed by atoms with van der Waals surface area (Å²) < 4.78 is 30.3. The topological polar surface area (TPSA) is 95.8 Å². The van der Waals surface area contributed by atoms with Crippen LogP contribution >= 0.6 is 11.8 Å². The first kappa shape index (κ1) is 15.0. The number of benzene rings is 1. The smallest absolute Gasteiger partial charge is 0.318 e. The zero-order valence-corrected chi connectivity index (χ0v) is 12.2. The molecule has 0 aromatic heterocycles. The molecule has 2 N–H and O–H groups in total. The molecular formula is C12H14N2O4S2. The molecule has 0 aliphatic carbocycles. The third kappa shape index (κ3) is 4.32. The van der Waals surface area contributed by atoms with Crippen molar-refractivity contribution in [1.29, 1.82) is 0 Å². The first-order chi connectivity index (χ1) is 9.45. The van der Waals surface area contributed by atoms with Gasteiger partial charge in [-0.25, -0.2) is 0 Å². The van der Waals surface area contributed by atoms with Crippen LogP contribution in [0.25, 0.3) is 0 Å². The largest absolute Gasteiger partial charge is 0.352 e. The Hall–Kier alpha value is -1.38. The van der Waals surface area contributed by atoms with Crippen LogP contribution in [-0.2, 0) is 21.5 Å². The van der Waals surface area contributed by atoms with Gasteiger partial charge in [0.15, 0.2) is 0 Å². The van der Waals surface area contributed by atoms with Crippen LogP contribution in [0.1, 0.15) is 12.0 Å². The highest BCUT2D eigenvalue weighted by atomic mass is 32.3. The summed E-state index contributed by atoms with van der Waals surface area (Å²) in [6.07, 6.45) is 0.110. The molecule has 1 unspecified atom stereocenters. The molecule has 0 radical (unpaired) electrons. The molecule has 1 atom stereocenters. The number of thioether (sulfide) groups is 1.